The zero-order valence-electron chi connectivity index (χ0n) is 10.3. The van der Waals surface area contributed by atoms with Crippen molar-refractivity contribution in [2.24, 2.45) is 18.7 Å². The molecule has 98 valence electrons. The highest BCUT2D eigenvalue weighted by Crippen LogP contribution is 2.18. The average molecular weight is 251 g/mol. The highest BCUT2D eigenvalue weighted by Gasteiger charge is 2.23. The Bertz CT molecular complexity index is 462. The van der Waals surface area contributed by atoms with Crippen molar-refractivity contribution in [3.05, 3.63) is 11.8 Å². The van der Waals surface area contributed by atoms with E-state index in [0.29, 0.717) is 5.82 Å². The topological polar surface area (TPSA) is 102 Å². The molecule has 0 radical (unpaired) electrons. The van der Waals surface area contributed by atoms with E-state index in [1.807, 2.05) is 0 Å². The van der Waals surface area contributed by atoms with Crippen LogP contribution in [0.2, 0.25) is 0 Å². The molecule has 0 spiro atoms. The molecule has 1 aliphatic rings. The molecule has 1 aromatic heterocycles. The number of aromatic nitrogens is 2. The first-order chi connectivity index (χ1) is 8.59. The summed E-state index contributed by atoms with van der Waals surface area (Å²) in [5.74, 6) is -0.334. The lowest BCUT2D eigenvalue weighted by Gasteiger charge is -2.21. The van der Waals surface area contributed by atoms with Crippen LogP contribution in [0.3, 0.4) is 0 Å². The van der Waals surface area contributed by atoms with Crippen LogP contribution in [0.4, 0.5) is 5.82 Å². The van der Waals surface area contributed by atoms with Crippen LogP contribution in [0.25, 0.3) is 0 Å². The first kappa shape index (κ1) is 12.6. The molecule has 4 N–H and O–H groups in total. The summed E-state index contributed by atoms with van der Waals surface area (Å²) in [5.41, 5.74) is 5.46. The van der Waals surface area contributed by atoms with Crippen molar-refractivity contribution in [2.45, 2.75) is 12.8 Å². The molecule has 18 heavy (non-hydrogen) atoms. The van der Waals surface area contributed by atoms with Gasteiger partial charge >= 0.3 is 0 Å². The monoisotopic (exact) mass is 251 g/mol. The number of rotatable bonds is 3. The third kappa shape index (κ3) is 2.51. The molecule has 0 saturated carbocycles. The van der Waals surface area contributed by atoms with Gasteiger partial charge in [0.1, 0.15) is 11.4 Å². The van der Waals surface area contributed by atoms with Crippen molar-refractivity contribution in [3.63, 3.8) is 0 Å². The number of carbonyl (C=O) groups excluding carboxylic acids is 2. The fourth-order valence-electron chi connectivity index (χ4n) is 2.07. The Balaban J connectivity index is 2.10. The van der Waals surface area contributed by atoms with Gasteiger partial charge in [-0.25, -0.2) is 0 Å². The number of aryl methyl sites for hydroxylation is 1. The zero-order chi connectivity index (χ0) is 13.1. The van der Waals surface area contributed by atoms with Crippen molar-refractivity contribution in [3.8, 4) is 0 Å². The molecule has 2 heterocycles. The molecule has 2 amide bonds. The lowest BCUT2D eigenvalue weighted by Crippen LogP contribution is -2.35. The van der Waals surface area contributed by atoms with Crippen molar-refractivity contribution in [1.82, 2.24) is 15.1 Å². The second kappa shape index (κ2) is 5.18. The third-order valence-corrected chi connectivity index (χ3v) is 3.16. The number of piperidine rings is 1. The summed E-state index contributed by atoms with van der Waals surface area (Å²) in [6.45, 7) is 1.68. The van der Waals surface area contributed by atoms with Crippen molar-refractivity contribution < 1.29 is 9.59 Å². The predicted octanol–water partition coefficient (Wildman–Crippen LogP) is -0.543. The molecule has 2 rings (SSSR count). The molecular formula is C11H17N5O2. The van der Waals surface area contributed by atoms with Crippen LogP contribution < -0.4 is 16.4 Å². The highest BCUT2D eigenvalue weighted by atomic mass is 16.2. The van der Waals surface area contributed by atoms with E-state index >= 15 is 0 Å². The number of anilines is 1. The Labute approximate surface area is 105 Å². The third-order valence-electron chi connectivity index (χ3n) is 3.16. The van der Waals surface area contributed by atoms with Gasteiger partial charge in [-0.2, -0.15) is 5.10 Å². The van der Waals surface area contributed by atoms with E-state index in [4.69, 9.17) is 5.73 Å². The molecule has 0 unspecified atom stereocenters. The van der Waals surface area contributed by atoms with Crippen molar-refractivity contribution in [2.75, 3.05) is 18.4 Å². The van der Waals surface area contributed by atoms with E-state index in [2.05, 4.69) is 15.7 Å². The minimum Gasteiger partial charge on any atom is -0.365 e. The standard InChI is InChI=1S/C11H17N5O2/c1-16-10(8(6-14-16)9(12)17)15-11(18)7-2-4-13-5-3-7/h6-7,13H,2-5H2,1H3,(H2,12,17)(H,15,18). The van der Waals surface area contributed by atoms with Crippen LogP contribution in [0.15, 0.2) is 6.20 Å². The van der Waals surface area contributed by atoms with Crippen LogP contribution in [-0.2, 0) is 11.8 Å². The van der Waals surface area contributed by atoms with Crippen LogP contribution in [0.1, 0.15) is 23.2 Å². The number of primary amides is 1. The average Bonchev–Trinajstić information content (AvgIpc) is 2.72. The van der Waals surface area contributed by atoms with E-state index in [1.54, 1.807) is 7.05 Å². The molecule has 7 heteroatoms. The molecule has 0 aliphatic carbocycles. The van der Waals surface area contributed by atoms with Gasteiger partial charge in [0.05, 0.1) is 6.20 Å². The number of nitrogens with two attached hydrogens (primary N) is 1. The Morgan fingerprint density at radius 2 is 2.17 bits per heavy atom. The minimum atomic E-state index is -0.594. The van der Waals surface area contributed by atoms with Crippen LogP contribution >= 0.6 is 0 Å². The molecule has 1 aliphatic heterocycles. The van der Waals surface area contributed by atoms with E-state index in [1.165, 1.54) is 10.9 Å². The van der Waals surface area contributed by atoms with Gasteiger partial charge in [-0.05, 0) is 25.9 Å². The first-order valence-corrected chi connectivity index (χ1v) is 5.93. The molecule has 1 aromatic rings. The van der Waals surface area contributed by atoms with E-state index in [0.717, 1.165) is 25.9 Å². The van der Waals surface area contributed by atoms with Gasteiger partial charge in [-0.3, -0.25) is 14.3 Å². The Morgan fingerprint density at radius 1 is 1.50 bits per heavy atom. The minimum absolute atomic E-state index is 0.0260. The van der Waals surface area contributed by atoms with Crippen LogP contribution in [0.5, 0.6) is 0 Å². The maximum absolute atomic E-state index is 12.1. The van der Waals surface area contributed by atoms with E-state index < -0.39 is 5.91 Å². The second-order valence-electron chi connectivity index (χ2n) is 4.41. The summed E-state index contributed by atoms with van der Waals surface area (Å²) >= 11 is 0. The Hall–Kier alpha value is -1.89. The predicted molar refractivity (Wildman–Crippen MR) is 65.9 cm³/mol. The maximum atomic E-state index is 12.1. The number of amides is 2. The van der Waals surface area contributed by atoms with Gasteiger partial charge in [-0.1, -0.05) is 0 Å². The summed E-state index contributed by atoms with van der Waals surface area (Å²) in [6, 6.07) is 0. The van der Waals surface area contributed by atoms with Crippen molar-refractivity contribution in [1.29, 1.82) is 0 Å². The van der Waals surface area contributed by atoms with Gasteiger partial charge in [0, 0.05) is 13.0 Å². The molecular weight excluding hydrogens is 234 g/mol. The number of nitrogens with one attached hydrogen (secondary N) is 2. The van der Waals surface area contributed by atoms with Crippen molar-refractivity contribution >= 4 is 17.6 Å². The summed E-state index contributed by atoms with van der Waals surface area (Å²) in [7, 11) is 1.66. The van der Waals surface area contributed by atoms with Gasteiger partial charge in [-0.15, -0.1) is 0 Å². The molecule has 1 fully saturated rings. The molecule has 0 bridgehead atoms. The molecule has 0 aromatic carbocycles. The zero-order valence-corrected chi connectivity index (χ0v) is 10.3. The number of carbonyl (C=O) groups is 2. The lowest BCUT2D eigenvalue weighted by atomic mass is 9.97. The Morgan fingerprint density at radius 3 is 2.78 bits per heavy atom. The summed E-state index contributed by atoms with van der Waals surface area (Å²) in [6.07, 6.45) is 2.96. The fourth-order valence-corrected chi connectivity index (χ4v) is 2.07. The summed E-state index contributed by atoms with van der Waals surface area (Å²) in [4.78, 5) is 23.3. The number of hydrogen-bond donors (Lipinski definition) is 3. The number of nitrogens with zero attached hydrogens (tertiary/aromatic N) is 2. The molecule has 7 nitrogen and oxygen atoms in total. The van der Waals surface area contributed by atoms with Gasteiger partial charge in [0.25, 0.3) is 5.91 Å². The Kier molecular flexibility index (Phi) is 3.61. The first-order valence-electron chi connectivity index (χ1n) is 5.93. The maximum Gasteiger partial charge on any atom is 0.254 e. The largest absolute Gasteiger partial charge is 0.365 e. The van der Waals surface area contributed by atoms with Gasteiger partial charge < -0.3 is 16.4 Å². The number of hydrogen-bond acceptors (Lipinski definition) is 4. The SMILES string of the molecule is Cn1ncc(C(N)=O)c1NC(=O)C1CCNCC1. The van der Waals surface area contributed by atoms with E-state index in [-0.39, 0.29) is 17.4 Å². The van der Waals surface area contributed by atoms with Gasteiger partial charge in [0.15, 0.2) is 0 Å². The smallest absolute Gasteiger partial charge is 0.254 e. The van der Waals surface area contributed by atoms with Crippen LogP contribution in [-0.4, -0.2) is 34.7 Å². The summed E-state index contributed by atoms with van der Waals surface area (Å²) < 4.78 is 1.44. The molecule has 1 saturated heterocycles. The van der Waals surface area contributed by atoms with Gasteiger partial charge in [0.2, 0.25) is 5.91 Å². The van der Waals surface area contributed by atoms with Crippen LogP contribution in [0, 0.1) is 5.92 Å². The normalized spacial score (nSPS) is 16.5. The fraction of sp³-hybridized carbons (Fsp3) is 0.545. The summed E-state index contributed by atoms with van der Waals surface area (Å²) in [5, 5.41) is 9.87. The molecule has 0 atom stereocenters. The lowest BCUT2D eigenvalue weighted by molar-refractivity contribution is -0.120. The highest BCUT2D eigenvalue weighted by molar-refractivity contribution is 6.02. The quantitative estimate of drug-likeness (QED) is 0.671. The second-order valence-corrected chi connectivity index (χ2v) is 4.41. The van der Waals surface area contributed by atoms with E-state index in [9.17, 15) is 9.59 Å².